The molecule has 4 aromatic carbocycles. The Balaban J connectivity index is 0.000000896. The average molecular weight is 832 g/mol. The Bertz CT molecular complexity index is 2310. The molecular weight excluding hydrogens is 784 g/mol. The first kappa shape index (κ1) is 44.9. The number of pyridine rings is 1. The number of carbonyl (C=O) groups is 3. The molecule has 13 nitrogen and oxygen atoms in total. The lowest BCUT2D eigenvalue weighted by Crippen LogP contribution is -2.48. The number of nitrogens with one attached hydrogen (secondary N) is 4. The third kappa shape index (κ3) is 13.1. The van der Waals surface area contributed by atoms with E-state index in [0.29, 0.717) is 48.1 Å². The summed E-state index contributed by atoms with van der Waals surface area (Å²) in [6, 6.07) is 29.7. The summed E-state index contributed by atoms with van der Waals surface area (Å²) < 4.78 is 38.3. The Hall–Kier alpha value is -6.23. The van der Waals surface area contributed by atoms with Gasteiger partial charge in [-0.1, -0.05) is 72.8 Å². The standard InChI is InChI=1S/C42H47N5O6.C2HF3O2/c1-47(2)22-20-32(21-23-47)53-42(52)45-36-24-28(12-14-33(36)31-6-4-3-5-7-31)13-18-39(50)44-26-30-10-8-29(9-11-30)25-43-27-38(49)34-15-17-37(48)41-35(34)16-19-40(51)46-41;3-2(4,5)1(6)7/h3-12,14-17,19,24,32,38,43,49H,13,18,20-23,25-27H2,1-2H3,(H3-,44,45,46,48,50,51,52);(H,6,7)/t38-;/m0./s1. The topological polar surface area (TPSA) is 193 Å². The predicted octanol–water partition coefficient (Wildman–Crippen LogP) is 5.06. The maximum absolute atomic E-state index is 13.0. The van der Waals surface area contributed by atoms with Crippen LogP contribution >= 0.6 is 0 Å². The number of amides is 2. The number of hydrogen-bond acceptors (Lipinski definition) is 9. The highest BCUT2D eigenvalue weighted by Crippen LogP contribution is 2.31. The summed E-state index contributed by atoms with van der Waals surface area (Å²) in [6.07, 6.45) is -4.14. The van der Waals surface area contributed by atoms with Gasteiger partial charge in [0.25, 0.3) is 0 Å². The first-order valence-corrected chi connectivity index (χ1v) is 19.3. The Morgan fingerprint density at radius 1 is 0.900 bits per heavy atom. The van der Waals surface area contributed by atoms with Crippen molar-refractivity contribution in [3.8, 4) is 16.9 Å². The molecule has 1 aliphatic heterocycles. The SMILES string of the molecule is C[N+]1(C)CCC(OC(=O)Nc2cc(CCC(=O)NCc3ccc(CNC[C@H](O)c4ccc(O)c5[nH]c(=O)ccc45)cc3)ccc2-c2ccccc2)CC1.O=C([O-])C(F)(F)F. The van der Waals surface area contributed by atoms with E-state index < -0.39 is 24.3 Å². The van der Waals surface area contributed by atoms with E-state index in [1.54, 1.807) is 12.1 Å². The smallest absolute Gasteiger partial charge is 0.430 e. The average Bonchev–Trinajstić information content (AvgIpc) is 3.21. The number of aliphatic hydroxyl groups excluding tert-OH is 1. The molecule has 0 aliphatic carbocycles. The van der Waals surface area contributed by atoms with Gasteiger partial charge in [-0.2, -0.15) is 13.2 Å². The van der Waals surface area contributed by atoms with E-state index in [9.17, 15) is 37.8 Å². The molecule has 1 fully saturated rings. The summed E-state index contributed by atoms with van der Waals surface area (Å²) >= 11 is 0. The van der Waals surface area contributed by atoms with E-state index in [2.05, 4.69) is 35.0 Å². The lowest BCUT2D eigenvalue weighted by atomic mass is 9.99. The number of aryl methyl sites for hydroxylation is 1. The Kier molecular flexibility index (Phi) is 15.1. The molecule has 1 aliphatic rings. The zero-order chi connectivity index (χ0) is 43.5. The number of aliphatic hydroxyl groups is 1. The van der Waals surface area contributed by atoms with Crippen LogP contribution in [0, 0.1) is 0 Å². The molecule has 1 atom stereocenters. The highest BCUT2D eigenvalue weighted by molar-refractivity contribution is 5.92. The molecule has 1 aromatic heterocycles. The number of ether oxygens (including phenoxy) is 1. The molecule has 5 aromatic rings. The number of aromatic nitrogens is 1. The fourth-order valence-electron chi connectivity index (χ4n) is 6.71. The van der Waals surface area contributed by atoms with Gasteiger partial charge in [0.2, 0.25) is 11.5 Å². The maximum atomic E-state index is 13.0. The van der Waals surface area contributed by atoms with Crippen molar-refractivity contribution in [1.29, 1.82) is 0 Å². The monoisotopic (exact) mass is 831 g/mol. The fraction of sp³-hybridized carbons (Fsp3) is 0.318. The number of nitrogens with zero attached hydrogens (tertiary/aromatic N) is 1. The van der Waals surface area contributed by atoms with E-state index in [1.165, 1.54) is 12.1 Å². The number of fused-ring (bicyclic) bond motifs is 1. The van der Waals surface area contributed by atoms with E-state index in [0.717, 1.165) is 58.2 Å². The second-order valence-corrected chi connectivity index (χ2v) is 15.2. The van der Waals surface area contributed by atoms with Gasteiger partial charge in [0.15, 0.2) is 0 Å². The summed E-state index contributed by atoms with van der Waals surface area (Å²) in [6.45, 7) is 3.12. The number of quaternary nitrogens is 1. The van der Waals surface area contributed by atoms with Crippen LogP contribution in [-0.2, 0) is 33.8 Å². The molecule has 6 rings (SSSR count). The maximum Gasteiger partial charge on any atom is 0.430 e. The number of alkyl halides is 3. The van der Waals surface area contributed by atoms with Crippen molar-refractivity contribution < 1.29 is 52.1 Å². The predicted molar refractivity (Wildman–Crippen MR) is 217 cm³/mol. The minimum atomic E-state index is -5.19. The van der Waals surface area contributed by atoms with Crippen molar-refractivity contribution in [1.82, 2.24) is 15.6 Å². The summed E-state index contributed by atoms with van der Waals surface area (Å²) in [4.78, 5) is 48.9. The van der Waals surface area contributed by atoms with Gasteiger partial charge in [-0.3, -0.25) is 14.9 Å². The summed E-state index contributed by atoms with van der Waals surface area (Å²) in [5.74, 6) is -3.13. The van der Waals surface area contributed by atoms with Crippen LogP contribution in [0.2, 0.25) is 0 Å². The fourth-order valence-corrected chi connectivity index (χ4v) is 6.71. The van der Waals surface area contributed by atoms with Crippen LogP contribution < -0.4 is 26.6 Å². The number of aromatic hydroxyl groups is 1. The van der Waals surface area contributed by atoms with Gasteiger partial charge in [0.1, 0.15) is 17.8 Å². The lowest BCUT2D eigenvalue weighted by Gasteiger charge is -2.36. The number of likely N-dealkylation sites (tertiary alicyclic amines) is 1. The number of rotatable bonds is 13. The Labute approximate surface area is 344 Å². The van der Waals surface area contributed by atoms with Crippen LogP contribution in [0.5, 0.6) is 5.75 Å². The second-order valence-electron chi connectivity index (χ2n) is 15.2. The molecule has 1 saturated heterocycles. The molecular formula is C44H48F3N5O8. The minimum Gasteiger partial charge on any atom is -0.542 e. The molecule has 0 saturated carbocycles. The molecule has 318 valence electrons. The number of carboxylic acid groups (broad SMARTS) is 1. The number of aliphatic carboxylic acids is 1. The van der Waals surface area contributed by atoms with Crippen LogP contribution in [0.15, 0.2) is 102 Å². The Morgan fingerprint density at radius 3 is 2.18 bits per heavy atom. The highest BCUT2D eigenvalue weighted by atomic mass is 19.4. The molecule has 0 unspecified atom stereocenters. The first-order chi connectivity index (χ1) is 28.5. The van der Waals surface area contributed by atoms with E-state index in [1.807, 2.05) is 72.8 Å². The van der Waals surface area contributed by atoms with Gasteiger partial charge in [0, 0.05) is 55.9 Å². The summed E-state index contributed by atoms with van der Waals surface area (Å²) in [7, 11) is 4.38. The van der Waals surface area contributed by atoms with Crippen molar-refractivity contribution in [2.24, 2.45) is 0 Å². The molecule has 2 heterocycles. The first-order valence-electron chi connectivity index (χ1n) is 19.3. The molecule has 0 radical (unpaired) electrons. The third-order valence-corrected chi connectivity index (χ3v) is 10.1. The van der Waals surface area contributed by atoms with Crippen LogP contribution in [0.3, 0.4) is 0 Å². The van der Waals surface area contributed by atoms with Crippen molar-refractivity contribution >= 4 is 34.6 Å². The van der Waals surface area contributed by atoms with Gasteiger partial charge in [-0.15, -0.1) is 0 Å². The van der Waals surface area contributed by atoms with E-state index >= 15 is 0 Å². The summed E-state index contributed by atoms with van der Waals surface area (Å²) in [5.41, 5.74) is 6.00. The number of hydrogen-bond donors (Lipinski definition) is 6. The van der Waals surface area contributed by atoms with Crippen molar-refractivity contribution in [2.45, 2.75) is 57.2 Å². The zero-order valence-electron chi connectivity index (χ0n) is 33.2. The van der Waals surface area contributed by atoms with Crippen LogP contribution in [0.4, 0.5) is 23.7 Å². The molecule has 0 bridgehead atoms. The van der Waals surface area contributed by atoms with Gasteiger partial charge in [0.05, 0.1) is 44.5 Å². The number of benzene rings is 4. The van der Waals surface area contributed by atoms with Gasteiger partial charge in [-0.05, 0) is 52.4 Å². The normalized spacial score (nSPS) is 14.4. The Morgan fingerprint density at radius 2 is 1.53 bits per heavy atom. The molecule has 16 heteroatoms. The van der Waals surface area contributed by atoms with Crippen molar-refractivity contribution in [2.75, 3.05) is 39.0 Å². The van der Waals surface area contributed by atoms with Gasteiger partial charge < -0.3 is 45.0 Å². The van der Waals surface area contributed by atoms with Crippen LogP contribution in [-0.4, -0.2) is 83.7 Å². The van der Waals surface area contributed by atoms with Crippen molar-refractivity contribution in [3.05, 3.63) is 130 Å². The number of phenols is 1. The largest absolute Gasteiger partial charge is 0.542 e. The number of halogens is 3. The minimum absolute atomic E-state index is 0.0491. The van der Waals surface area contributed by atoms with E-state index in [4.69, 9.17) is 14.6 Å². The summed E-state index contributed by atoms with van der Waals surface area (Å²) in [5, 5.41) is 39.5. The molecule has 0 spiro atoms. The third-order valence-electron chi connectivity index (χ3n) is 10.1. The number of anilines is 1. The number of aromatic amines is 1. The number of carboxylic acids is 1. The number of H-pyrrole nitrogens is 1. The van der Waals surface area contributed by atoms with E-state index in [-0.39, 0.29) is 29.9 Å². The molecule has 6 N–H and O–H groups in total. The second kappa shape index (κ2) is 20.2. The molecule has 60 heavy (non-hydrogen) atoms. The van der Waals surface area contributed by atoms with Gasteiger partial charge >= 0.3 is 12.3 Å². The number of phenolic OH excluding ortho intramolecular Hbond substituents is 1. The van der Waals surface area contributed by atoms with Gasteiger partial charge in [-0.25, -0.2) is 4.79 Å². The quantitative estimate of drug-likeness (QED) is 0.0881. The number of piperidine rings is 1. The van der Waals surface area contributed by atoms with Crippen LogP contribution in [0.25, 0.3) is 22.0 Å². The lowest BCUT2D eigenvalue weighted by molar-refractivity contribution is -0.896. The van der Waals surface area contributed by atoms with Crippen LogP contribution in [0.1, 0.15) is 47.6 Å². The number of carbonyl (C=O) groups excluding carboxylic acids is 3. The highest BCUT2D eigenvalue weighted by Gasteiger charge is 2.29. The molecule has 2 amide bonds. The van der Waals surface area contributed by atoms with Crippen molar-refractivity contribution in [3.63, 3.8) is 0 Å². The zero-order valence-corrected chi connectivity index (χ0v) is 33.2.